The number of hydrogen-bond donors (Lipinski definition) is 2. The first-order valence-corrected chi connectivity index (χ1v) is 4.48. The van der Waals surface area contributed by atoms with E-state index in [-0.39, 0.29) is 12.4 Å². The summed E-state index contributed by atoms with van der Waals surface area (Å²) in [5.74, 6) is 0.177. The normalized spacial score (nSPS) is 12.2. The largest absolute Gasteiger partial charge is 0.491 e. The summed E-state index contributed by atoms with van der Waals surface area (Å²) in [6.07, 6.45) is -0.816. The maximum absolute atomic E-state index is 12.5. The van der Waals surface area contributed by atoms with Crippen LogP contribution in [0.5, 0.6) is 5.75 Å². The molecule has 0 saturated heterocycles. The summed E-state index contributed by atoms with van der Waals surface area (Å²) in [5.41, 5.74) is 0. The Labute approximate surface area is 87.4 Å². The van der Waals surface area contributed by atoms with Crippen molar-refractivity contribution in [3.8, 4) is 5.75 Å². The van der Waals surface area contributed by atoms with E-state index in [1.165, 1.54) is 24.3 Å². The molecule has 0 unspecified atom stereocenters. The molecule has 0 aliphatic carbocycles. The second-order valence-corrected chi connectivity index (χ2v) is 3.35. The number of ether oxygens (including phenoxy) is 1. The highest BCUT2D eigenvalue weighted by atomic mass is 32.1. The van der Waals surface area contributed by atoms with Gasteiger partial charge in [0.1, 0.15) is 24.3 Å². The Morgan fingerprint density at radius 3 is 2.57 bits per heavy atom. The molecule has 1 aromatic rings. The third-order valence-corrected chi connectivity index (χ3v) is 1.90. The van der Waals surface area contributed by atoms with Crippen LogP contribution in [0.1, 0.15) is 0 Å². The molecule has 0 aliphatic rings. The monoisotopic (exact) mass is 214 g/mol. The second-order valence-electron chi connectivity index (χ2n) is 2.77. The molecule has 1 atom stereocenters. The number of benzene rings is 1. The molecule has 0 heterocycles. The van der Waals surface area contributed by atoms with E-state index in [1.54, 1.807) is 0 Å². The molecule has 1 rings (SSSR count). The topological polar surface area (TPSA) is 29.5 Å². The molecule has 0 saturated carbocycles. The van der Waals surface area contributed by atoms with Crippen LogP contribution in [-0.2, 0) is 0 Å². The molecular formula is C10H11FO2S. The molecule has 76 valence electrons. The average Bonchev–Trinajstić information content (AvgIpc) is 2.16. The summed E-state index contributed by atoms with van der Waals surface area (Å²) in [4.78, 5) is 0.340. The smallest absolute Gasteiger partial charge is 0.123 e. The number of aliphatic hydroxyl groups excluding tert-OH is 1. The Balaban J connectivity index is 2.46. The molecule has 0 radical (unpaired) electrons. The number of aliphatic hydroxyl groups is 1. The molecule has 2 nitrogen and oxygen atoms in total. The molecule has 1 aromatic carbocycles. The minimum atomic E-state index is -0.816. The second kappa shape index (κ2) is 5.02. The number of rotatable bonds is 4. The van der Waals surface area contributed by atoms with Crippen LogP contribution in [0.3, 0.4) is 0 Å². The first kappa shape index (κ1) is 11.1. The van der Waals surface area contributed by atoms with Crippen LogP contribution in [0.4, 0.5) is 4.39 Å². The number of hydrogen-bond acceptors (Lipinski definition) is 3. The average molecular weight is 214 g/mol. The van der Waals surface area contributed by atoms with Gasteiger partial charge < -0.3 is 9.84 Å². The van der Waals surface area contributed by atoms with Gasteiger partial charge in [-0.25, -0.2) is 4.39 Å². The van der Waals surface area contributed by atoms with E-state index < -0.39 is 6.10 Å². The van der Waals surface area contributed by atoms with E-state index in [4.69, 9.17) is 4.74 Å². The summed E-state index contributed by atoms with van der Waals surface area (Å²) in [6.45, 7) is 3.52. The highest BCUT2D eigenvalue weighted by Gasteiger charge is 2.05. The Kier molecular flexibility index (Phi) is 3.98. The summed E-state index contributed by atoms with van der Waals surface area (Å²) < 4.78 is 17.6. The lowest BCUT2D eigenvalue weighted by Gasteiger charge is -2.11. The number of thiol groups is 1. The Hall–Kier alpha value is -1.00. The van der Waals surface area contributed by atoms with Gasteiger partial charge in [0.2, 0.25) is 0 Å². The van der Waals surface area contributed by atoms with E-state index in [1.807, 2.05) is 0 Å². The van der Waals surface area contributed by atoms with Gasteiger partial charge in [-0.05, 0) is 24.3 Å². The zero-order valence-corrected chi connectivity index (χ0v) is 8.38. The molecular weight excluding hydrogens is 203 g/mol. The quantitative estimate of drug-likeness (QED) is 0.751. The summed E-state index contributed by atoms with van der Waals surface area (Å²) in [7, 11) is 0. The van der Waals surface area contributed by atoms with Crippen molar-refractivity contribution in [2.75, 3.05) is 6.61 Å². The van der Waals surface area contributed by atoms with Gasteiger partial charge in [0.05, 0.1) is 0 Å². The van der Waals surface area contributed by atoms with Crippen molar-refractivity contribution < 1.29 is 14.2 Å². The van der Waals surface area contributed by atoms with E-state index in [2.05, 4.69) is 19.2 Å². The van der Waals surface area contributed by atoms with Crippen molar-refractivity contribution in [1.29, 1.82) is 0 Å². The maximum atomic E-state index is 12.5. The van der Waals surface area contributed by atoms with Gasteiger partial charge in [-0.15, -0.1) is 12.6 Å². The van der Waals surface area contributed by atoms with Crippen molar-refractivity contribution in [2.24, 2.45) is 0 Å². The Bertz CT molecular complexity index is 310. The maximum Gasteiger partial charge on any atom is 0.123 e. The van der Waals surface area contributed by atoms with Gasteiger partial charge >= 0.3 is 0 Å². The lowest BCUT2D eigenvalue weighted by atomic mass is 10.3. The predicted octanol–water partition coefficient (Wildman–Crippen LogP) is 2.01. The van der Waals surface area contributed by atoms with Crippen LogP contribution in [0, 0.1) is 5.82 Å². The van der Waals surface area contributed by atoms with Crippen LogP contribution < -0.4 is 4.74 Å². The first-order valence-electron chi connectivity index (χ1n) is 4.04. The summed E-state index contributed by atoms with van der Waals surface area (Å²) in [5, 5.41) is 9.27. The standard InChI is InChI=1S/C10H11FO2S/c1-7(14)10(12)6-13-9-4-2-8(11)3-5-9/h2-5,10,12,14H,1,6H2/t10-/m1/s1. The van der Waals surface area contributed by atoms with Crippen LogP contribution >= 0.6 is 12.6 Å². The van der Waals surface area contributed by atoms with Crippen molar-refractivity contribution in [2.45, 2.75) is 6.10 Å². The van der Waals surface area contributed by atoms with E-state index in [0.717, 1.165) is 0 Å². The molecule has 0 amide bonds. The molecule has 0 aliphatic heterocycles. The van der Waals surface area contributed by atoms with Gasteiger partial charge in [-0.1, -0.05) is 6.58 Å². The molecule has 1 N–H and O–H groups in total. The van der Waals surface area contributed by atoms with Crippen LogP contribution in [0.15, 0.2) is 35.7 Å². The molecule has 0 spiro atoms. The molecule has 4 heteroatoms. The van der Waals surface area contributed by atoms with Crippen LogP contribution in [-0.4, -0.2) is 17.8 Å². The summed E-state index contributed by atoms with van der Waals surface area (Å²) in [6, 6.07) is 5.56. The number of halogens is 1. The Morgan fingerprint density at radius 2 is 2.07 bits per heavy atom. The van der Waals surface area contributed by atoms with Crippen molar-refractivity contribution >= 4 is 12.6 Å². The third kappa shape index (κ3) is 3.40. The highest BCUT2D eigenvalue weighted by molar-refractivity contribution is 7.84. The van der Waals surface area contributed by atoms with Crippen molar-refractivity contribution in [3.05, 3.63) is 41.6 Å². The predicted molar refractivity (Wildman–Crippen MR) is 56.0 cm³/mol. The Morgan fingerprint density at radius 1 is 1.50 bits per heavy atom. The zero-order chi connectivity index (χ0) is 10.6. The van der Waals surface area contributed by atoms with Gasteiger partial charge in [-0.2, -0.15) is 0 Å². The zero-order valence-electron chi connectivity index (χ0n) is 7.48. The van der Waals surface area contributed by atoms with E-state index in [0.29, 0.717) is 10.7 Å². The fraction of sp³-hybridized carbons (Fsp3) is 0.200. The molecule has 14 heavy (non-hydrogen) atoms. The SMILES string of the molecule is C=C(S)[C@H](O)COc1ccc(F)cc1. The first-order chi connectivity index (χ1) is 6.59. The van der Waals surface area contributed by atoms with Gasteiger partial charge in [-0.3, -0.25) is 0 Å². The van der Waals surface area contributed by atoms with Gasteiger partial charge in [0, 0.05) is 4.91 Å². The van der Waals surface area contributed by atoms with Crippen molar-refractivity contribution in [3.63, 3.8) is 0 Å². The van der Waals surface area contributed by atoms with Gasteiger partial charge in [0.25, 0.3) is 0 Å². The fourth-order valence-corrected chi connectivity index (χ4v) is 0.877. The lowest BCUT2D eigenvalue weighted by molar-refractivity contribution is 0.142. The molecule has 0 bridgehead atoms. The minimum absolute atomic E-state index is 0.0635. The lowest BCUT2D eigenvalue weighted by Crippen LogP contribution is -2.17. The minimum Gasteiger partial charge on any atom is -0.491 e. The summed E-state index contributed by atoms with van der Waals surface area (Å²) >= 11 is 3.87. The molecule has 0 fully saturated rings. The molecule has 0 aromatic heterocycles. The van der Waals surface area contributed by atoms with E-state index in [9.17, 15) is 9.50 Å². The highest BCUT2D eigenvalue weighted by Crippen LogP contribution is 2.12. The fourth-order valence-electron chi connectivity index (χ4n) is 0.802. The van der Waals surface area contributed by atoms with Crippen molar-refractivity contribution in [1.82, 2.24) is 0 Å². The van der Waals surface area contributed by atoms with Crippen LogP contribution in [0.2, 0.25) is 0 Å². The van der Waals surface area contributed by atoms with Gasteiger partial charge in [0.15, 0.2) is 0 Å². The van der Waals surface area contributed by atoms with E-state index >= 15 is 0 Å². The van der Waals surface area contributed by atoms with Crippen LogP contribution in [0.25, 0.3) is 0 Å². The third-order valence-electron chi connectivity index (χ3n) is 1.61.